The van der Waals surface area contributed by atoms with Gasteiger partial charge in [0.2, 0.25) is 5.88 Å². The van der Waals surface area contributed by atoms with E-state index in [4.69, 9.17) is 9.57 Å². The molecule has 0 aliphatic rings. The SMILES string of the molecule is Cc1nn(C)c(Oc2cccc(F)c2)c1C=NOCC=CC#CC(C)(C)C. The predicted octanol–water partition coefficient (Wildman–Crippen LogP) is 4.62. The Kier molecular flexibility index (Phi) is 6.78. The molecule has 2 aromatic rings. The molecule has 1 aromatic heterocycles. The van der Waals surface area contributed by atoms with Crippen molar-refractivity contribution in [2.75, 3.05) is 6.61 Å². The zero-order valence-electron chi connectivity index (χ0n) is 16.3. The van der Waals surface area contributed by atoms with E-state index >= 15 is 0 Å². The lowest BCUT2D eigenvalue weighted by molar-refractivity contribution is 0.176. The summed E-state index contributed by atoms with van der Waals surface area (Å²) in [6.45, 7) is 8.29. The lowest BCUT2D eigenvalue weighted by Gasteiger charge is -2.06. The number of halogens is 1. The van der Waals surface area contributed by atoms with Gasteiger partial charge in [-0.3, -0.25) is 0 Å². The van der Waals surface area contributed by atoms with Crippen LogP contribution in [0.15, 0.2) is 41.6 Å². The lowest BCUT2D eigenvalue weighted by Crippen LogP contribution is -1.98. The summed E-state index contributed by atoms with van der Waals surface area (Å²) in [5, 5.41) is 8.26. The maximum Gasteiger partial charge on any atom is 0.226 e. The number of ether oxygens (including phenoxy) is 1. The van der Waals surface area contributed by atoms with Crippen LogP contribution in [0.5, 0.6) is 11.6 Å². The molecule has 0 fully saturated rings. The molecular weight excluding hydrogens is 345 g/mol. The van der Waals surface area contributed by atoms with Crippen LogP contribution >= 0.6 is 0 Å². The van der Waals surface area contributed by atoms with Gasteiger partial charge in [-0.15, -0.1) is 0 Å². The number of aryl methyl sites for hydroxylation is 2. The molecule has 5 nitrogen and oxygen atoms in total. The first-order valence-corrected chi connectivity index (χ1v) is 8.56. The maximum absolute atomic E-state index is 13.4. The standard InChI is InChI=1S/C21H24FN3O2/c1-16-19(15-23-26-13-8-6-7-12-21(2,3)4)20(25(5)24-16)27-18-11-9-10-17(22)14-18/h6,8-11,14-15H,13H2,1-5H3. The first kappa shape index (κ1) is 20.2. The first-order chi connectivity index (χ1) is 12.8. The molecule has 142 valence electrons. The molecular formula is C21H24FN3O2. The van der Waals surface area contributed by atoms with E-state index in [1.807, 2.05) is 27.7 Å². The van der Waals surface area contributed by atoms with Gasteiger partial charge in [-0.05, 0) is 52.0 Å². The summed E-state index contributed by atoms with van der Waals surface area (Å²) in [4.78, 5) is 5.22. The Morgan fingerprint density at radius 2 is 2.11 bits per heavy atom. The zero-order valence-corrected chi connectivity index (χ0v) is 16.3. The van der Waals surface area contributed by atoms with Crippen LogP contribution in [0.3, 0.4) is 0 Å². The third-order valence-electron chi connectivity index (χ3n) is 3.30. The van der Waals surface area contributed by atoms with Crippen LogP contribution in [0.25, 0.3) is 0 Å². The second-order valence-electron chi connectivity index (χ2n) is 6.94. The second-order valence-corrected chi connectivity index (χ2v) is 6.94. The summed E-state index contributed by atoms with van der Waals surface area (Å²) in [7, 11) is 1.75. The Morgan fingerprint density at radius 1 is 1.33 bits per heavy atom. The van der Waals surface area contributed by atoms with Crippen LogP contribution in [0, 0.1) is 30.0 Å². The summed E-state index contributed by atoms with van der Waals surface area (Å²) in [5.74, 6) is 6.53. The van der Waals surface area contributed by atoms with Crippen molar-refractivity contribution in [2.24, 2.45) is 17.6 Å². The summed E-state index contributed by atoms with van der Waals surface area (Å²) >= 11 is 0. The van der Waals surface area contributed by atoms with E-state index in [9.17, 15) is 4.39 Å². The number of benzene rings is 1. The van der Waals surface area contributed by atoms with Gasteiger partial charge in [0.1, 0.15) is 18.2 Å². The van der Waals surface area contributed by atoms with Crippen LogP contribution in [0.1, 0.15) is 32.0 Å². The largest absolute Gasteiger partial charge is 0.438 e. The van der Waals surface area contributed by atoms with Crippen molar-refractivity contribution in [1.82, 2.24) is 9.78 Å². The molecule has 0 radical (unpaired) electrons. The van der Waals surface area contributed by atoms with Crippen molar-refractivity contribution < 1.29 is 14.0 Å². The topological polar surface area (TPSA) is 48.6 Å². The van der Waals surface area contributed by atoms with Crippen molar-refractivity contribution in [3.05, 3.63) is 53.5 Å². The molecule has 2 rings (SSSR count). The first-order valence-electron chi connectivity index (χ1n) is 8.56. The van der Waals surface area contributed by atoms with Crippen LogP contribution in [0.2, 0.25) is 0 Å². The van der Waals surface area contributed by atoms with Gasteiger partial charge in [-0.2, -0.15) is 5.10 Å². The van der Waals surface area contributed by atoms with Crippen LogP contribution in [-0.4, -0.2) is 22.6 Å². The zero-order chi connectivity index (χ0) is 19.9. The van der Waals surface area contributed by atoms with E-state index < -0.39 is 0 Å². The Balaban J connectivity index is 2.00. The van der Waals surface area contributed by atoms with Crippen molar-refractivity contribution >= 4 is 6.21 Å². The average Bonchev–Trinajstić information content (AvgIpc) is 2.83. The van der Waals surface area contributed by atoms with E-state index in [1.54, 1.807) is 36.0 Å². The molecule has 0 bridgehead atoms. The van der Waals surface area contributed by atoms with Crippen molar-refractivity contribution in [1.29, 1.82) is 0 Å². The summed E-state index contributed by atoms with van der Waals surface area (Å²) < 4.78 is 20.7. The quantitative estimate of drug-likeness (QED) is 0.323. The van der Waals surface area contributed by atoms with E-state index in [-0.39, 0.29) is 11.2 Å². The number of hydrogen-bond donors (Lipinski definition) is 0. The molecule has 0 atom stereocenters. The van der Waals surface area contributed by atoms with Crippen LogP contribution in [-0.2, 0) is 11.9 Å². The highest BCUT2D eigenvalue weighted by atomic mass is 19.1. The van der Waals surface area contributed by atoms with Crippen molar-refractivity contribution in [3.63, 3.8) is 0 Å². The second kappa shape index (κ2) is 9.04. The van der Waals surface area contributed by atoms with Crippen molar-refractivity contribution in [2.45, 2.75) is 27.7 Å². The Hall–Kier alpha value is -3.07. The highest BCUT2D eigenvalue weighted by Crippen LogP contribution is 2.26. The fraction of sp³-hybridized carbons (Fsp3) is 0.333. The van der Waals surface area contributed by atoms with Gasteiger partial charge in [0.25, 0.3) is 0 Å². The minimum atomic E-state index is -0.369. The number of aromatic nitrogens is 2. The number of rotatable bonds is 6. The van der Waals surface area contributed by atoms with E-state index in [1.165, 1.54) is 18.3 Å². The Morgan fingerprint density at radius 3 is 2.81 bits per heavy atom. The summed E-state index contributed by atoms with van der Waals surface area (Å²) in [6, 6.07) is 5.92. The summed E-state index contributed by atoms with van der Waals surface area (Å²) in [6.07, 6.45) is 5.07. The molecule has 0 saturated heterocycles. The van der Waals surface area contributed by atoms with Gasteiger partial charge >= 0.3 is 0 Å². The molecule has 0 spiro atoms. The minimum absolute atomic E-state index is 0.0285. The van der Waals surface area contributed by atoms with E-state index in [0.717, 1.165) is 5.69 Å². The predicted molar refractivity (Wildman–Crippen MR) is 104 cm³/mol. The van der Waals surface area contributed by atoms with Gasteiger partial charge in [-0.1, -0.05) is 23.1 Å². The number of nitrogens with zero attached hydrogens (tertiary/aromatic N) is 3. The molecule has 0 unspecified atom stereocenters. The van der Waals surface area contributed by atoms with Gasteiger partial charge in [0, 0.05) is 18.5 Å². The molecule has 6 heteroatoms. The van der Waals surface area contributed by atoms with Gasteiger partial charge < -0.3 is 9.57 Å². The smallest absolute Gasteiger partial charge is 0.226 e. The Bertz CT molecular complexity index is 896. The molecule has 0 aliphatic carbocycles. The van der Waals surface area contributed by atoms with Gasteiger partial charge in [0.15, 0.2) is 0 Å². The number of hydrogen-bond acceptors (Lipinski definition) is 4. The molecule has 0 amide bonds. The third kappa shape index (κ3) is 6.63. The highest BCUT2D eigenvalue weighted by molar-refractivity contribution is 5.84. The fourth-order valence-electron chi connectivity index (χ4n) is 2.11. The third-order valence-corrected chi connectivity index (χ3v) is 3.30. The van der Waals surface area contributed by atoms with Crippen molar-refractivity contribution in [3.8, 4) is 23.5 Å². The maximum atomic E-state index is 13.4. The fourth-order valence-corrected chi connectivity index (χ4v) is 2.11. The van der Waals surface area contributed by atoms with Gasteiger partial charge in [-0.25, -0.2) is 9.07 Å². The highest BCUT2D eigenvalue weighted by Gasteiger charge is 2.14. The molecule has 0 saturated carbocycles. The monoisotopic (exact) mass is 369 g/mol. The molecule has 0 N–H and O–H groups in total. The molecule has 0 aliphatic heterocycles. The van der Waals surface area contributed by atoms with Crippen LogP contribution in [0.4, 0.5) is 4.39 Å². The average molecular weight is 369 g/mol. The molecule has 27 heavy (non-hydrogen) atoms. The Labute approximate surface area is 159 Å². The minimum Gasteiger partial charge on any atom is -0.438 e. The van der Waals surface area contributed by atoms with E-state index in [2.05, 4.69) is 22.1 Å². The number of oxime groups is 1. The van der Waals surface area contributed by atoms with Crippen LogP contribution < -0.4 is 4.74 Å². The summed E-state index contributed by atoms with van der Waals surface area (Å²) in [5.41, 5.74) is 1.36. The lowest BCUT2D eigenvalue weighted by atomic mass is 9.98. The normalized spacial score (nSPS) is 11.6. The molecule has 1 heterocycles. The van der Waals surface area contributed by atoms with Gasteiger partial charge in [0.05, 0.1) is 17.5 Å². The van der Waals surface area contributed by atoms with E-state index in [0.29, 0.717) is 23.8 Å². The molecule has 1 aromatic carbocycles. The number of allylic oxidation sites excluding steroid dienone is 1.